The van der Waals surface area contributed by atoms with Crippen molar-refractivity contribution in [3.63, 3.8) is 0 Å². The molecule has 2 heterocycles. The van der Waals surface area contributed by atoms with Gasteiger partial charge in [0.2, 0.25) is 5.91 Å². The lowest BCUT2D eigenvalue weighted by molar-refractivity contribution is -0.118. The number of anilines is 1. The summed E-state index contributed by atoms with van der Waals surface area (Å²) < 4.78 is 0. The molecule has 1 atom stereocenters. The molecular formula is C17H17N3OS. The van der Waals surface area contributed by atoms with Gasteiger partial charge in [-0.3, -0.25) is 9.78 Å². The zero-order valence-corrected chi connectivity index (χ0v) is 13.1. The molecule has 0 bridgehead atoms. The van der Waals surface area contributed by atoms with Crippen LogP contribution in [-0.2, 0) is 4.79 Å². The van der Waals surface area contributed by atoms with Gasteiger partial charge in [-0.15, -0.1) is 11.3 Å². The Bertz CT molecular complexity index is 770. The molecule has 112 valence electrons. The molecule has 0 fully saturated rings. The lowest BCUT2D eigenvalue weighted by Gasteiger charge is -2.16. The number of likely N-dealkylation sites (N-methyl/N-ethyl adjacent to an activating group) is 1. The average Bonchev–Trinajstić information content (AvgIpc) is 3.06. The SMILES string of the molecule is CCNC(C(=O)Nc1ccc2ccncc2c1)c1cccs1. The van der Waals surface area contributed by atoms with Gasteiger partial charge in [-0.1, -0.05) is 19.1 Å². The van der Waals surface area contributed by atoms with Crippen LogP contribution in [0.1, 0.15) is 17.8 Å². The fraction of sp³-hybridized carbons (Fsp3) is 0.176. The zero-order chi connectivity index (χ0) is 15.4. The van der Waals surface area contributed by atoms with Crippen molar-refractivity contribution in [3.8, 4) is 0 Å². The van der Waals surface area contributed by atoms with Crippen molar-refractivity contribution >= 4 is 33.7 Å². The molecule has 1 aromatic carbocycles. The molecule has 2 aromatic heterocycles. The van der Waals surface area contributed by atoms with Gasteiger partial charge in [0.25, 0.3) is 0 Å². The number of hydrogen-bond donors (Lipinski definition) is 2. The third kappa shape index (κ3) is 3.16. The monoisotopic (exact) mass is 311 g/mol. The smallest absolute Gasteiger partial charge is 0.246 e. The Kier molecular flexibility index (Phi) is 4.46. The molecule has 22 heavy (non-hydrogen) atoms. The van der Waals surface area contributed by atoms with Gasteiger partial charge in [-0.25, -0.2) is 0 Å². The normalized spacial score (nSPS) is 12.2. The number of nitrogens with zero attached hydrogens (tertiary/aromatic N) is 1. The van der Waals surface area contributed by atoms with Crippen molar-refractivity contribution in [3.05, 3.63) is 59.0 Å². The fourth-order valence-electron chi connectivity index (χ4n) is 2.36. The number of thiophene rings is 1. The van der Waals surface area contributed by atoms with Crippen molar-refractivity contribution in [1.29, 1.82) is 0 Å². The Balaban J connectivity index is 1.81. The predicted molar refractivity (Wildman–Crippen MR) is 91.1 cm³/mol. The molecule has 0 radical (unpaired) electrons. The summed E-state index contributed by atoms with van der Waals surface area (Å²) >= 11 is 1.58. The molecule has 0 aliphatic rings. The third-order valence-corrected chi connectivity index (χ3v) is 4.34. The number of aromatic nitrogens is 1. The summed E-state index contributed by atoms with van der Waals surface area (Å²) in [5, 5.41) is 10.3. The summed E-state index contributed by atoms with van der Waals surface area (Å²) in [4.78, 5) is 17.7. The molecule has 1 unspecified atom stereocenters. The predicted octanol–water partition coefficient (Wildman–Crippen LogP) is 3.59. The van der Waals surface area contributed by atoms with Crippen LogP contribution in [0.15, 0.2) is 54.2 Å². The first-order valence-electron chi connectivity index (χ1n) is 7.19. The highest BCUT2D eigenvalue weighted by molar-refractivity contribution is 7.10. The van der Waals surface area contributed by atoms with Crippen LogP contribution in [0.25, 0.3) is 10.8 Å². The van der Waals surface area contributed by atoms with Gasteiger partial charge in [0.05, 0.1) is 0 Å². The maximum Gasteiger partial charge on any atom is 0.246 e. The minimum atomic E-state index is -0.324. The molecule has 3 rings (SSSR count). The van der Waals surface area contributed by atoms with E-state index in [1.165, 1.54) is 0 Å². The summed E-state index contributed by atoms with van der Waals surface area (Å²) in [6.07, 6.45) is 3.56. The van der Waals surface area contributed by atoms with E-state index in [9.17, 15) is 4.79 Å². The number of carbonyl (C=O) groups is 1. The number of fused-ring (bicyclic) bond motifs is 1. The van der Waals surface area contributed by atoms with Crippen LogP contribution in [0.3, 0.4) is 0 Å². The van der Waals surface area contributed by atoms with Crippen molar-refractivity contribution in [2.24, 2.45) is 0 Å². The zero-order valence-electron chi connectivity index (χ0n) is 12.2. The van der Waals surface area contributed by atoms with Gasteiger partial charge in [-0.05, 0) is 41.6 Å². The van der Waals surface area contributed by atoms with Crippen LogP contribution < -0.4 is 10.6 Å². The van der Waals surface area contributed by atoms with Crippen molar-refractivity contribution in [2.45, 2.75) is 13.0 Å². The van der Waals surface area contributed by atoms with E-state index < -0.39 is 0 Å². The van der Waals surface area contributed by atoms with Gasteiger partial charge in [0.15, 0.2) is 0 Å². The summed E-state index contributed by atoms with van der Waals surface area (Å²) in [5.74, 6) is -0.0486. The lowest BCUT2D eigenvalue weighted by Crippen LogP contribution is -2.32. The van der Waals surface area contributed by atoms with Crippen LogP contribution in [0.5, 0.6) is 0 Å². The first kappa shape index (κ1) is 14.7. The summed E-state index contributed by atoms with van der Waals surface area (Å²) in [5.41, 5.74) is 0.782. The van der Waals surface area contributed by atoms with E-state index in [2.05, 4.69) is 15.6 Å². The van der Waals surface area contributed by atoms with Crippen LogP contribution in [0.4, 0.5) is 5.69 Å². The molecule has 0 saturated heterocycles. The summed E-state index contributed by atoms with van der Waals surface area (Å²) in [7, 11) is 0. The van der Waals surface area contributed by atoms with Crippen LogP contribution in [0.2, 0.25) is 0 Å². The van der Waals surface area contributed by atoms with E-state index in [0.29, 0.717) is 0 Å². The van der Waals surface area contributed by atoms with Gasteiger partial charge in [-0.2, -0.15) is 0 Å². The largest absolute Gasteiger partial charge is 0.324 e. The molecule has 5 heteroatoms. The van der Waals surface area contributed by atoms with Crippen LogP contribution >= 0.6 is 11.3 Å². The number of nitrogens with one attached hydrogen (secondary N) is 2. The molecule has 3 aromatic rings. The third-order valence-electron chi connectivity index (χ3n) is 3.41. The number of pyridine rings is 1. The van der Waals surface area contributed by atoms with Crippen molar-refractivity contribution in [2.75, 3.05) is 11.9 Å². The molecule has 0 spiro atoms. The number of benzene rings is 1. The number of hydrogen-bond acceptors (Lipinski definition) is 4. The topological polar surface area (TPSA) is 54.0 Å². The second-order valence-corrected chi connectivity index (χ2v) is 5.91. The van der Waals surface area contributed by atoms with Gasteiger partial charge in [0, 0.05) is 28.3 Å². The molecule has 4 nitrogen and oxygen atoms in total. The van der Waals surface area contributed by atoms with E-state index in [-0.39, 0.29) is 11.9 Å². The van der Waals surface area contributed by atoms with E-state index in [0.717, 1.165) is 27.9 Å². The Morgan fingerprint density at radius 3 is 2.95 bits per heavy atom. The second-order valence-electron chi connectivity index (χ2n) is 4.93. The van der Waals surface area contributed by atoms with E-state index >= 15 is 0 Å². The minimum Gasteiger partial charge on any atom is -0.324 e. The molecule has 0 saturated carbocycles. The van der Waals surface area contributed by atoms with Gasteiger partial charge in [0.1, 0.15) is 6.04 Å². The number of carbonyl (C=O) groups excluding carboxylic acids is 1. The summed E-state index contributed by atoms with van der Waals surface area (Å²) in [6, 6.07) is 11.4. The number of rotatable bonds is 5. The first-order chi connectivity index (χ1) is 10.8. The maximum absolute atomic E-state index is 12.6. The summed E-state index contributed by atoms with van der Waals surface area (Å²) in [6.45, 7) is 2.73. The quantitative estimate of drug-likeness (QED) is 0.757. The van der Waals surface area contributed by atoms with Crippen LogP contribution in [-0.4, -0.2) is 17.4 Å². The van der Waals surface area contributed by atoms with E-state index in [1.54, 1.807) is 23.7 Å². The molecule has 2 N–H and O–H groups in total. The first-order valence-corrected chi connectivity index (χ1v) is 8.07. The Hall–Kier alpha value is -2.24. The standard InChI is InChI=1S/C17H17N3OS/c1-2-19-16(15-4-3-9-22-15)17(21)20-14-6-5-12-7-8-18-11-13(12)10-14/h3-11,16,19H,2H2,1H3,(H,20,21). The van der Waals surface area contributed by atoms with E-state index in [4.69, 9.17) is 0 Å². The maximum atomic E-state index is 12.6. The molecule has 0 aliphatic heterocycles. The molecule has 0 aliphatic carbocycles. The van der Waals surface area contributed by atoms with Crippen LogP contribution in [0, 0.1) is 0 Å². The average molecular weight is 311 g/mol. The fourth-order valence-corrected chi connectivity index (χ4v) is 3.16. The highest BCUT2D eigenvalue weighted by Crippen LogP contribution is 2.22. The Morgan fingerprint density at radius 2 is 2.18 bits per heavy atom. The van der Waals surface area contributed by atoms with Crippen molar-refractivity contribution < 1.29 is 4.79 Å². The van der Waals surface area contributed by atoms with Gasteiger partial charge < -0.3 is 10.6 Å². The minimum absolute atomic E-state index is 0.0486. The Labute approximate surface area is 133 Å². The highest BCUT2D eigenvalue weighted by atomic mass is 32.1. The lowest BCUT2D eigenvalue weighted by atomic mass is 10.1. The Morgan fingerprint density at radius 1 is 1.27 bits per heavy atom. The highest BCUT2D eigenvalue weighted by Gasteiger charge is 2.20. The molecular weight excluding hydrogens is 294 g/mol. The molecule has 1 amide bonds. The van der Waals surface area contributed by atoms with Gasteiger partial charge >= 0.3 is 0 Å². The second kappa shape index (κ2) is 6.68. The van der Waals surface area contributed by atoms with E-state index in [1.807, 2.05) is 48.7 Å². The van der Waals surface area contributed by atoms with Crippen molar-refractivity contribution in [1.82, 2.24) is 10.3 Å². The number of amides is 1.